The highest BCUT2D eigenvalue weighted by atomic mass is 32.1. The van der Waals surface area contributed by atoms with Gasteiger partial charge in [0.15, 0.2) is 0 Å². The van der Waals surface area contributed by atoms with Gasteiger partial charge in [-0.3, -0.25) is 9.78 Å². The van der Waals surface area contributed by atoms with Crippen molar-refractivity contribution in [2.24, 2.45) is 0 Å². The van der Waals surface area contributed by atoms with E-state index in [2.05, 4.69) is 27.1 Å². The standard InChI is InChI=1S/C16H18N2OS/c19-15(13-4-3-8-17-10-13)18-12-16(6-1-2-7-16)14-5-9-20-11-14/h3-5,8-11H,1-2,6-7,12H2,(H,18,19). The van der Waals surface area contributed by atoms with Crippen LogP contribution in [0.2, 0.25) is 0 Å². The van der Waals surface area contributed by atoms with Crippen LogP contribution in [0.1, 0.15) is 41.6 Å². The average molecular weight is 286 g/mol. The number of carbonyl (C=O) groups is 1. The molecule has 20 heavy (non-hydrogen) atoms. The SMILES string of the molecule is O=C(NCC1(c2ccsc2)CCCC1)c1cccnc1. The van der Waals surface area contributed by atoms with E-state index in [1.54, 1.807) is 35.9 Å². The molecule has 1 saturated carbocycles. The molecule has 0 aromatic carbocycles. The molecule has 3 rings (SSSR count). The van der Waals surface area contributed by atoms with Crippen molar-refractivity contribution in [1.82, 2.24) is 10.3 Å². The van der Waals surface area contributed by atoms with Gasteiger partial charge in [0, 0.05) is 24.4 Å². The van der Waals surface area contributed by atoms with E-state index in [0.717, 1.165) is 19.4 Å². The molecule has 1 fully saturated rings. The Hall–Kier alpha value is -1.68. The number of hydrogen-bond acceptors (Lipinski definition) is 3. The first-order chi connectivity index (χ1) is 9.80. The third-order valence-electron chi connectivity index (χ3n) is 4.21. The Balaban J connectivity index is 1.71. The number of carbonyl (C=O) groups excluding carboxylic acids is 1. The van der Waals surface area contributed by atoms with Gasteiger partial charge >= 0.3 is 0 Å². The minimum absolute atomic E-state index is 0.0281. The number of nitrogens with zero attached hydrogens (tertiary/aromatic N) is 1. The van der Waals surface area contributed by atoms with Gasteiger partial charge in [-0.1, -0.05) is 12.8 Å². The van der Waals surface area contributed by atoms with Crippen LogP contribution in [0.3, 0.4) is 0 Å². The smallest absolute Gasteiger partial charge is 0.252 e. The predicted molar refractivity (Wildman–Crippen MR) is 81.0 cm³/mol. The maximum Gasteiger partial charge on any atom is 0.252 e. The third kappa shape index (κ3) is 2.61. The molecule has 0 aliphatic heterocycles. The molecule has 2 heterocycles. The first kappa shape index (κ1) is 13.3. The second-order valence-corrected chi connectivity index (χ2v) is 6.20. The number of amides is 1. The number of nitrogens with one attached hydrogen (secondary N) is 1. The minimum Gasteiger partial charge on any atom is -0.351 e. The predicted octanol–water partition coefficient (Wildman–Crippen LogP) is 3.38. The lowest BCUT2D eigenvalue weighted by atomic mass is 9.80. The monoisotopic (exact) mass is 286 g/mol. The van der Waals surface area contributed by atoms with Crippen molar-refractivity contribution < 1.29 is 4.79 Å². The molecule has 1 aliphatic carbocycles. The minimum atomic E-state index is -0.0281. The van der Waals surface area contributed by atoms with Crippen LogP contribution >= 0.6 is 11.3 Å². The molecule has 0 atom stereocenters. The summed E-state index contributed by atoms with van der Waals surface area (Å²) in [4.78, 5) is 16.2. The summed E-state index contributed by atoms with van der Waals surface area (Å²) in [7, 11) is 0. The van der Waals surface area contributed by atoms with Crippen molar-refractivity contribution in [1.29, 1.82) is 0 Å². The van der Waals surface area contributed by atoms with Crippen LogP contribution < -0.4 is 5.32 Å². The second kappa shape index (κ2) is 5.75. The topological polar surface area (TPSA) is 42.0 Å². The molecular formula is C16H18N2OS. The Morgan fingerprint density at radius 3 is 2.85 bits per heavy atom. The Kier molecular flexibility index (Phi) is 3.83. The zero-order valence-corrected chi connectivity index (χ0v) is 12.2. The van der Waals surface area contributed by atoms with Crippen molar-refractivity contribution in [3.63, 3.8) is 0 Å². The van der Waals surface area contributed by atoms with E-state index in [4.69, 9.17) is 0 Å². The molecule has 4 heteroatoms. The molecule has 0 unspecified atom stereocenters. The van der Waals surface area contributed by atoms with Crippen molar-refractivity contribution in [3.05, 3.63) is 52.5 Å². The molecular weight excluding hydrogens is 268 g/mol. The Labute approximate surface area is 123 Å². The van der Waals surface area contributed by atoms with Gasteiger partial charge in [-0.2, -0.15) is 11.3 Å². The van der Waals surface area contributed by atoms with Crippen LogP contribution in [0, 0.1) is 0 Å². The van der Waals surface area contributed by atoms with Crippen molar-refractivity contribution in [2.45, 2.75) is 31.1 Å². The summed E-state index contributed by atoms with van der Waals surface area (Å²) in [6, 6.07) is 5.79. The maximum atomic E-state index is 12.2. The van der Waals surface area contributed by atoms with Crippen LogP contribution in [-0.4, -0.2) is 17.4 Å². The highest BCUT2D eigenvalue weighted by Crippen LogP contribution is 2.41. The molecule has 0 bridgehead atoms. The third-order valence-corrected chi connectivity index (χ3v) is 4.89. The number of hydrogen-bond donors (Lipinski definition) is 1. The molecule has 1 aliphatic rings. The Morgan fingerprint density at radius 2 is 2.20 bits per heavy atom. The molecule has 1 N–H and O–H groups in total. The summed E-state index contributed by atoms with van der Waals surface area (Å²) in [6.07, 6.45) is 8.12. The number of pyridine rings is 1. The summed E-state index contributed by atoms with van der Waals surface area (Å²) in [5.74, 6) is -0.0281. The van der Waals surface area contributed by atoms with Crippen LogP contribution in [0.15, 0.2) is 41.4 Å². The van der Waals surface area contributed by atoms with E-state index in [9.17, 15) is 4.79 Å². The normalized spacial score (nSPS) is 17.0. The zero-order valence-electron chi connectivity index (χ0n) is 11.3. The molecule has 104 valence electrons. The van der Waals surface area contributed by atoms with Gasteiger partial charge in [-0.15, -0.1) is 0 Å². The summed E-state index contributed by atoms with van der Waals surface area (Å²) < 4.78 is 0. The highest BCUT2D eigenvalue weighted by Gasteiger charge is 2.36. The molecule has 0 radical (unpaired) electrons. The summed E-state index contributed by atoms with van der Waals surface area (Å²) >= 11 is 1.73. The van der Waals surface area contributed by atoms with Gasteiger partial charge in [0.05, 0.1) is 5.56 Å². The number of thiophene rings is 1. The molecule has 2 aromatic heterocycles. The van der Waals surface area contributed by atoms with Crippen molar-refractivity contribution >= 4 is 17.2 Å². The zero-order chi connectivity index (χ0) is 13.8. The molecule has 2 aromatic rings. The van der Waals surface area contributed by atoms with Crippen LogP contribution in [0.5, 0.6) is 0 Å². The van der Waals surface area contributed by atoms with Crippen molar-refractivity contribution in [2.75, 3.05) is 6.54 Å². The largest absolute Gasteiger partial charge is 0.351 e. The molecule has 0 spiro atoms. The molecule has 1 amide bonds. The quantitative estimate of drug-likeness (QED) is 0.936. The molecule has 3 nitrogen and oxygen atoms in total. The number of aromatic nitrogens is 1. The first-order valence-electron chi connectivity index (χ1n) is 7.01. The Bertz CT molecular complexity index is 559. The van der Waals surface area contributed by atoms with Crippen LogP contribution in [-0.2, 0) is 5.41 Å². The van der Waals surface area contributed by atoms with Crippen LogP contribution in [0.4, 0.5) is 0 Å². The Morgan fingerprint density at radius 1 is 1.35 bits per heavy atom. The van der Waals surface area contributed by atoms with Gasteiger partial charge in [-0.05, 0) is 47.4 Å². The van der Waals surface area contributed by atoms with Gasteiger partial charge in [0.2, 0.25) is 0 Å². The lowest BCUT2D eigenvalue weighted by Crippen LogP contribution is -2.38. The lowest BCUT2D eigenvalue weighted by Gasteiger charge is -2.28. The van der Waals surface area contributed by atoms with Gasteiger partial charge in [0.25, 0.3) is 5.91 Å². The van der Waals surface area contributed by atoms with E-state index < -0.39 is 0 Å². The van der Waals surface area contributed by atoms with Crippen molar-refractivity contribution in [3.8, 4) is 0 Å². The van der Waals surface area contributed by atoms with Gasteiger partial charge in [0.1, 0.15) is 0 Å². The fourth-order valence-corrected chi connectivity index (χ4v) is 3.81. The first-order valence-corrected chi connectivity index (χ1v) is 7.95. The van der Waals surface area contributed by atoms with Gasteiger partial charge < -0.3 is 5.32 Å². The second-order valence-electron chi connectivity index (χ2n) is 5.42. The van der Waals surface area contributed by atoms with Crippen LogP contribution in [0.25, 0.3) is 0 Å². The summed E-state index contributed by atoms with van der Waals surface area (Å²) in [6.45, 7) is 0.720. The van der Waals surface area contributed by atoms with E-state index in [1.807, 2.05) is 0 Å². The van der Waals surface area contributed by atoms with E-state index in [0.29, 0.717) is 5.56 Å². The maximum absolute atomic E-state index is 12.2. The highest BCUT2D eigenvalue weighted by molar-refractivity contribution is 7.08. The summed E-state index contributed by atoms with van der Waals surface area (Å²) in [5.41, 5.74) is 2.15. The summed E-state index contributed by atoms with van der Waals surface area (Å²) in [5, 5.41) is 7.44. The van der Waals surface area contributed by atoms with Gasteiger partial charge in [-0.25, -0.2) is 0 Å². The fraction of sp³-hybridized carbons (Fsp3) is 0.375. The van der Waals surface area contributed by atoms with E-state index in [1.165, 1.54) is 18.4 Å². The lowest BCUT2D eigenvalue weighted by molar-refractivity contribution is 0.0943. The molecule has 0 saturated heterocycles. The van der Waals surface area contributed by atoms with E-state index in [-0.39, 0.29) is 11.3 Å². The average Bonchev–Trinajstić information content (AvgIpc) is 3.17. The fourth-order valence-electron chi connectivity index (χ4n) is 3.03. The van der Waals surface area contributed by atoms with E-state index >= 15 is 0 Å². The number of rotatable bonds is 4.